The standard InChI is InChI=1S/C12H20N2O5S2/c1-4-9(5-2)14(6-7-19-3)21(17,18)12-10(11(15)16)13-8-20-12/h8-9H,4-7H2,1-3H3,(H,15,16). The lowest BCUT2D eigenvalue weighted by molar-refractivity contribution is 0.0687. The molecule has 0 aromatic carbocycles. The third-order valence-corrected chi connectivity index (χ3v) is 6.44. The number of carboxylic acid groups (broad SMARTS) is 1. The van der Waals surface area contributed by atoms with E-state index in [4.69, 9.17) is 9.84 Å². The van der Waals surface area contributed by atoms with E-state index < -0.39 is 21.7 Å². The number of carboxylic acids is 1. The van der Waals surface area contributed by atoms with Crippen LogP contribution in [-0.4, -0.2) is 55.1 Å². The van der Waals surface area contributed by atoms with Crippen molar-refractivity contribution in [3.63, 3.8) is 0 Å². The van der Waals surface area contributed by atoms with E-state index in [0.717, 1.165) is 11.3 Å². The Hall–Kier alpha value is -1.03. The Labute approximate surface area is 128 Å². The topological polar surface area (TPSA) is 96.8 Å². The molecular formula is C12H20N2O5S2. The molecule has 1 rings (SSSR count). The maximum Gasteiger partial charge on any atom is 0.356 e. The van der Waals surface area contributed by atoms with E-state index in [1.54, 1.807) is 0 Å². The Balaban J connectivity index is 3.26. The number of sulfonamides is 1. The highest BCUT2D eigenvalue weighted by molar-refractivity contribution is 7.91. The molecule has 1 N–H and O–H groups in total. The van der Waals surface area contributed by atoms with Crippen LogP contribution in [-0.2, 0) is 14.8 Å². The number of aromatic carboxylic acids is 1. The summed E-state index contributed by atoms with van der Waals surface area (Å²) >= 11 is 0.823. The maximum absolute atomic E-state index is 12.8. The summed E-state index contributed by atoms with van der Waals surface area (Å²) in [6.07, 6.45) is 1.28. The number of thiazole rings is 1. The minimum atomic E-state index is -3.90. The highest BCUT2D eigenvalue weighted by atomic mass is 32.2. The fourth-order valence-electron chi connectivity index (χ4n) is 2.04. The SMILES string of the molecule is CCC(CC)N(CCOC)S(=O)(=O)c1scnc1C(=O)O. The first-order chi connectivity index (χ1) is 9.89. The molecule has 0 aliphatic rings. The number of ether oxygens (including phenoxy) is 1. The zero-order chi connectivity index (χ0) is 16.0. The number of aromatic nitrogens is 1. The van der Waals surface area contributed by atoms with Crippen LogP contribution >= 0.6 is 11.3 Å². The van der Waals surface area contributed by atoms with Crippen LogP contribution in [0.5, 0.6) is 0 Å². The van der Waals surface area contributed by atoms with E-state index in [1.165, 1.54) is 16.9 Å². The molecule has 0 saturated carbocycles. The van der Waals surface area contributed by atoms with Gasteiger partial charge < -0.3 is 9.84 Å². The molecule has 0 spiro atoms. The number of hydrogen-bond donors (Lipinski definition) is 1. The third kappa shape index (κ3) is 4.00. The lowest BCUT2D eigenvalue weighted by Crippen LogP contribution is -2.41. The molecule has 0 aliphatic heterocycles. The van der Waals surface area contributed by atoms with Crippen molar-refractivity contribution in [2.24, 2.45) is 0 Å². The summed E-state index contributed by atoms with van der Waals surface area (Å²) < 4.78 is 31.6. The molecule has 1 heterocycles. The van der Waals surface area contributed by atoms with E-state index in [9.17, 15) is 13.2 Å². The first kappa shape index (κ1) is 18.0. The molecular weight excluding hydrogens is 316 g/mol. The van der Waals surface area contributed by atoms with Crippen molar-refractivity contribution in [3.8, 4) is 0 Å². The van der Waals surface area contributed by atoms with Crippen molar-refractivity contribution in [2.75, 3.05) is 20.3 Å². The zero-order valence-corrected chi connectivity index (χ0v) is 13.9. The van der Waals surface area contributed by atoms with Crippen molar-refractivity contribution in [3.05, 3.63) is 11.2 Å². The molecule has 21 heavy (non-hydrogen) atoms. The second kappa shape index (κ2) is 7.83. The Kier molecular flexibility index (Phi) is 6.72. The molecule has 1 aromatic rings. The Morgan fingerprint density at radius 3 is 2.57 bits per heavy atom. The normalized spacial score (nSPS) is 12.2. The van der Waals surface area contributed by atoms with Crippen LogP contribution in [0.4, 0.5) is 0 Å². The number of carbonyl (C=O) groups is 1. The maximum atomic E-state index is 12.8. The molecule has 0 unspecified atom stereocenters. The first-order valence-corrected chi connectivity index (χ1v) is 8.89. The highest BCUT2D eigenvalue weighted by Crippen LogP contribution is 2.27. The zero-order valence-electron chi connectivity index (χ0n) is 12.3. The Bertz CT molecular complexity index is 566. The second-order valence-corrected chi connectivity index (χ2v) is 7.31. The van der Waals surface area contributed by atoms with Crippen molar-refractivity contribution < 1.29 is 23.1 Å². The van der Waals surface area contributed by atoms with E-state index in [1.807, 2.05) is 13.8 Å². The summed E-state index contributed by atoms with van der Waals surface area (Å²) in [5.41, 5.74) is 0.811. The molecule has 1 aromatic heterocycles. The van der Waals surface area contributed by atoms with Gasteiger partial charge in [-0.3, -0.25) is 0 Å². The summed E-state index contributed by atoms with van der Waals surface area (Å²) in [4.78, 5) is 14.7. The highest BCUT2D eigenvalue weighted by Gasteiger charge is 2.34. The smallest absolute Gasteiger partial charge is 0.356 e. The Morgan fingerprint density at radius 2 is 2.10 bits per heavy atom. The summed E-state index contributed by atoms with van der Waals surface area (Å²) in [6, 6.07) is -0.200. The van der Waals surface area contributed by atoms with Crippen molar-refractivity contribution in [1.82, 2.24) is 9.29 Å². The molecule has 0 saturated heterocycles. The molecule has 7 nitrogen and oxygen atoms in total. The summed E-state index contributed by atoms with van der Waals surface area (Å²) in [5, 5.41) is 9.07. The van der Waals surface area contributed by atoms with Gasteiger partial charge in [-0.05, 0) is 12.8 Å². The predicted octanol–water partition coefficient (Wildman–Crippen LogP) is 1.67. The Morgan fingerprint density at radius 1 is 1.48 bits per heavy atom. The van der Waals surface area contributed by atoms with Gasteiger partial charge in [0.15, 0.2) is 9.90 Å². The summed E-state index contributed by atoms with van der Waals surface area (Å²) in [7, 11) is -2.41. The van der Waals surface area contributed by atoms with Crippen LogP contribution in [0.1, 0.15) is 37.2 Å². The number of methoxy groups -OCH3 is 1. The van der Waals surface area contributed by atoms with Crippen LogP contribution in [0.3, 0.4) is 0 Å². The van der Waals surface area contributed by atoms with Gasteiger partial charge in [0.05, 0.1) is 12.1 Å². The van der Waals surface area contributed by atoms with Crippen molar-refractivity contribution in [2.45, 2.75) is 36.9 Å². The van der Waals surface area contributed by atoms with Crippen LogP contribution in [0.25, 0.3) is 0 Å². The first-order valence-electron chi connectivity index (χ1n) is 6.57. The number of rotatable bonds is 9. The van der Waals surface area contributed by atoms with Gasteiger partial charge in [-0.1, -0.05) is 13.8 Å². The summed E-state index contributed by atoms with van der Waals surface area (Å²) in [6.45, 7) is 4.22. The lowest BCUT2D eigenvalue weighted by atomic mass is 10.2. The quantitative estimate of drug-likeness (QED) is 0.737. The minimum Gasteiger partial charge on any atom is -0.476 e. The van der Waals surface area contributed by atoms with Crippen LogP contribution < -0.4 is 0 Å². The van der Waals surface area contributed by atoms with Gasteiger partial charge in [-0.15, -0.1) is 11.3 Å². The summed E-state index contributed by atoms with van der Waals surface area (Å²) in [5.74, 6) is -1.34. The third-order valence-electron chi connectivity index (χ3n) is 3.15. The minimum absolute atomic E-state index is 0.183. The predicted molar refractivity (Wildman–Crippen MR) is 79.2 cm³/mol. The molecule has 9 heteroatoms. The second-order valence-electron chi connectivity index (χ2n) is 4.37. The largest absolute Gasteiger partial charge is 0.476 e. The van der Waals surface area contributed by atoms with Crippen LogP contribution in [0.2, 0.25) is 0 Å². The van der Waals surface area contributed by atoms with Crippen LogP contribution in [0.15, 0.2) is 9.72 Å². The van der Waals surface area contributed by atoms with Gasteiger partial charge in [-0.2, -0.15) is 4.31 Å². The van der Waals surface area contributed by atoms with Gasteiger partial charge in [0.1, 0.15) is 0 Å². The van der Waals surface area contributed by atoms with Gasteiger partial charge in [0.2, 0.25) is 0 Å². The molecule has 120 valence electrons. The van der Waals surface area contributed by atoms with E-state index >= 15 is 0 Å². The monoisotopic (exact) mass is 336 g/mol. The fraction of sp³-hybridized carbons (Fsp3) is 0.667. The number of nitrogens with zero attached hydrogens (tertiary/aromatic N) is 2. The molecule has 0 amide bonds. The molecule has 0 aliphatic carbocycles. The van der Waals surface area contributed by atoms with Gasteiger partial charge in [0, 0.05) is 19.7 Å². The van der Waals surface area contributed by atoms with E-state index in [2.05, 4.69) is 4.98 Å². The van der Waals surface area contributed by atoms with Crippen molar-refractivity contribution >= 4 is 27.3 Å². The average molecular weight is 336 g/mol. The average Bonchev–Trinajstić information content (AvgIpc) is 2.93. The molecule has 0 atom stereocenters. The van der Waals surface area contributed by atoms with Crippen LogP contribution in [0, 0.1) is 0 Å². The van der Waals surface area contributed by atoms with E-state index in [-0.39, 0.29) is 23.4 Å². The molecule has 0 bridgehead atoms. The van der Waals surface area contributed by atoms with E-state index in [0.29, 0.717) is 12.8 Å². The van der Waals surface area contributed by atoms with Gasteiger partial charge in [0.25, 0.3) is 10.0 Å². The number of hydrogen-bond acceptors (Lipinski definition) is 6. The molecule has 0 radical (unpaired) electrons. The van der Waals surface area contributed by atoms with Gasteiger partial charge in [-0.25, -0.2) is 18.2 Å². The lowest BCUT2D eigenvalue weighted by Gasteiger charge is -2.28. The molecule has 0 fully saturated rings. The van der Waals surface area contributed by atoms with Crippen molar-refractivity contribution in [1.29, 1.82) is 0 Å². The van der Waals surface area contributed by atoms with Gasteiger partial charge >= 0.3 is 5.97 Å². The fourth-order valence-corrected chi connectivity index (χ4v) is 5.05.